The van der Waals surface area contributed by atoms with Crippen molar-refractivity contribution in [3.05, 3.63) is 76.8 Å². The number of allylic oxidation sites excluding steroid dienone is 1. The summed E-state index contributed by atoms with van der Waals surface area (Å²) in [6.45, 7) is 3.72. The topological polar surface area (TPSA) is 104 Å². The van der Waals surface area contributed by atoms with Crippen LogP contribution in [0, 0.1) is 5.41 Å². The molecule has 25 heavy (non-hydrogen) atoms. The van der Waals surface area contributed by atoms with Gasteiger partial charge in [0, 0.05) is 23.5 Å². The van der Waals surface area contributed by atoms with Crippen LogP contribution < -0.4 is 11.2 Å². The molecule has 0 aliphatic heterocycles. The summed E-state index contributed by atoms with van der Waals surface area (Å²) >= 11 is 0. The van der Waals surface area contributed by atoms with Crippen LogP contribution in [0.5, 0.6) is 0 Å². The first-order valence-corrected chi connectivity index (χ1v) is 7.91. The smallest absolute Gasteiger partial charge is 0.287 e. The highest BCUT2D eigenvalue weighted by atomic mass is 16.2. The number of aryl methyl sites for hydroxylation is 1. The molecule has 0 bridgehead atoms. The largest absolute Gasteiger partial charge is 0.394 e. The summed E-state index contributed by atoms with van der Waals surface area (Å²) in [4.78, 5) is 16.0. The average molecular weight is 335 g/mol. The van der Waals surface area contributed by atoms with Crippen molar-refractivity contribution >= 4 is 17.8 Å². The highest BCUT2D eigenvalue weighted by Gasteiger charge is 2.13. The van der Waals surface area contributed by atoms with Gasteiger partial charge in [0.2, 0.25) is 0 Å². The van der Waals surface area contributed by atoms with E-state index in [1.165, 1.54) is 11.8 Å². The Morgan fingerprint density at radius 2 is 2.04 bits per heavy atom. The Morgan fingerprint density at radius 3 is 2.64 bits per heavy atom. The molecule has 2 rings (SSSR count). The summed E-state index contributed by atoms with van der Waals surface area (Å²) in [6.07, 6.45) is 5.68. The van der Waals surface area contributed by atoms with Crippen LogP contribution in [-0.2, 0) is 11.2 Å². The second kappa shape index (κ2) is 8.54. The average Bonchev–Trinajstić information content (AvgIpc) is 2.67. The molecule has 128 valence electrons. The number of nitrogens with two attached hydrogens (primary N) is 1. The van der Waals surface area contributed by atoms with E-state index in [-0.39, 0.29) is 11.4 Å². The van der Waals surface area contributed by atoms with Crippen molar-refractivity contribution in [2.75, 3.05) is 0 Å². The molecule has 0 radical (unpaired) electrons. The molecule has 1 aromatic heterocycles. The third-order valence-electron chi connectivity index (χ3n) is 3.74. The van der Waals surface area contributed by atoms with Crippen LogP contribution in [0.4, 0.5) is 0 Å². The number of carbonyl (C=O) groups is 1. The highest BCUT2D eigenvalue weighted by molar-refractivity contribution is 6.14. The summed E-state index contributed by atoms with van der Waals surface area (Å²) in [7, 11) is 0. The van der Waals surface area contributed by atoms with Crippen LogP contribution in [0.25, 0.3) is 0 Å². The van der Waals surface area contributed by atoms with Gasteiger partial charge in [-0.1, -0.05) is 37.3 Å². The van der Waals surface area contributed by atoms with Gasteiger partial charge in [0.05, 0.1) is 11.9 Å². The van der Waals surface area contributed by atoms with Crippen LogP contribution in [-0.4, -0.2) is 22.8 Å². The zero-order chi connectivity index (χ0) is 18.2. The number of carbonyl (C=O) groups excluding carboxylic acids is 1. The van der Waals surface area contributed by atoms with Gasteiger partial charge in [-0.05, 0) is 30.5 Å². The third-order valence-corrected chi connectivity index (χ3v) is 3.74. The lowest BCUT2D eigenvalue weighted by atomic mass is 10.00. The number of pyridine rings is 1. The Kier molecular flexibility index (Phi) is 6.17. The van der Waals surface area contributed by atoms with E-state index < -0.39 is 5.91 Å². The van der Waals surface area contributed by atoms with E-state index in [1.54, 1.807) is 25.4 Å². The maximum absolute atomic E-state index is 12.1. The minimum absolute atomic E-state index is 0.0343. The van der Waals surface area contributed by atoms with Crippen LogP contribution >= 0.6 is 0 Å². The molecule has 0 spiro atoms. The minimum Gasteiger partial charge on any atom is -0.394 e. The van der Waals surface area contributed by atoms with Crippen molar-refractivity contribution in [2.24, 2.45) is 10.8 Å². The van der Waals surface area contributed by atoms with Gasteiger partial charge in [-0.15, -0.1) is 0 Å². The number of hydrogen-bond donors (Lipinski definition) is 3. The fourth-order valence-corrected chi connectivity index (χ4v) is 2.11. The molecule has 0 saturated heterocycles. The molecule has 0 unspecified atom stereocenters. The summed E-state index contributed by atoms with van der Waals surface area (Å²) < 4.78 is 0. The quantitative estimate of drug-likeness (QED) is 0.429. The predicted octanol–water partition coefficient (Wildman–Crippen LogP) is 2.39. The van der Waals surface area contributed by atoms with Crippen molar-refractivity contribution in [2.45, 2.75) is 20.3 Å². The number of nitrogens with one attached hydrogen (secondary N) is 2. The maximum Gasteiger partial charge on any atom is 0.287 e. The molecule has 0 aliphatic rings. The SMILES string of the molecule is CCc1ccc(C(=N)/C(C)=C(\N)C(=O)N/N=C/c2cccnc2)cc1. The molecule has 6 nitrogen and oxygen atoms in total. The maximum atomic E-state index is 12.1. The Balaban J connectivity index is 2.06. The van der Waals surface area contributed by atoms with Crippen LogP contribution in [0.3, 0.4) is 0 Å². The molecule has 1 amide bonds. The van der Waals surface area contributed by atoms with Crippen LogP contribution in [0.1, 0.15) is 30.5 Å². The van der Waals surface area contributed by atoms with Crippen molar-refractivity contribution < 1.29 is 4.79 Å². The molecule has 0 atom stereocenters. The van der Waals surface area contributed by atoms with Gasteiger partial charge in [-0.2, -0.15) is 5.10 Å². The van der Waals surface area contributed by atoms with Crippen molar-refractivity contribution in [3.8, 4) is 0 Å². The number of nitrogens with zero attached hydrogens (tertiary/aromatic N) is 2. The highest BCUT2D eigenvalue weighted by Crippen LogP contribution is 2.12. The zero-order valence-corrected chi connectivity index (χ0v) is 14.3. The van der Waals surface area contributed by atoms with Gasteiger partial charge in [0.25, 0.3) is 5.91 Å². The van der Waals surface area contributed by atoms with Crippen molar-refractivity contribution in [1.29, 1.82) is 5.41 Å². The number of hydrogen-bond acceptors (Lipinski definition) is 5. The Labute approximate surface area is 147 Å². The van der Waals surface area contributed by atoms with Crippen molar-refractivity contribution in [1.82, 2.24) is 10.4 Å². The van der Waals surface area contributed by atoms with Gasteiger partial charge in [-0.3, -0.25) is 15.2 Å². The molecule has 0 saturated carbocycles. The molecule has 1 aromatic carbocycles. The summed E-state index contributed by atoms with van der Waals surface area (Å²) in [6, 6.07) is 11.2. The Bertz CT molecular complexity index is 807. The lowest BCUT2D eigenvalue weighted by Gasteiger charge is -2.09. The number of amides is 1. The number of benzene rings is 1. The third kappa shape index (κ3) is 4.84. The van der Waals surface area contributed by atoms with Crippen molar-refractivity contribution in [3.63, 3.8) is 0 Å². The number of rotatable bonds is 6. The molecular weight excluding hydrogens is 314 g/mol. The Hall–Kier alpha value is -3.28. The molecule has 6 heteroatoms. The molecule has 2 aromatic rings. The summed E-state index contributed by atoms with van der Waals surface area (Å²) in [5, 5.41) is 12.1. The zero-order valence-electron chi connectivity index (χ0n) is 14.3. The van der Waals surface area contributed by atoms with Gasteiger partial charge >= 0.3 is 0 Å². The van der Waals surface area contributed by atoms with Gasteiger partial charge < -0.3 is 5.73 Å². The molecule has 0 fully saturated rings. The number of hydrazone groups is 1. The van der Waals surface area contributed by atoms with E-state index in [9.17, 15) is 4.79 Å². The summed E-state index contributed by atoms with van der Waals surface area (Å²) in [5.41, 5.74) is 11.5. The first kappa shape index (κ1) is 18.1. The minimum atomic E-state index is -0.549. The van der Waals surface area contributed by atoms with Gasteiger partial charge in [0.1, 0.15) is 5.70 Å². The lowest BCUT2D eigenvalue weighted by molar-refractivity contribution is -0.117. The Morgan fingerprint density at radius 1 is 1.32 bits per heavy atom. The lowest BCUT2D eigenvalue weighted by Crippen LogP contribution is -2.27. The normalized spacial score (nSPS) is 11.9. The molecule has 4 N–H and O–H groups in total. The fraction of sp³-hybridized carbons (Fsp3) is 0.158. The predicted molar refractivity (Wildman–Crippen MR) is 99.5 cm³/mol. The second-order valence-corrected chi connectivity index (χ2v) is 5.45. The molecule has 1 heterocycles. The van der Waals surface area contributed by atoms with E-state index in [1.807, 2.05) is 30.3 Å². The fourth-order valence-electron chi connectivity index (χ4n) is 2.11. The van der Waals surface area contributed by atoms with E-state index in [0.717, 1.165) is 12.0 Å². The first-order valence-electron chi connectivity index (χ1n) is 7.91. The van der Waals surface area contributed by atoms with Crippen LogP contribution in [0.15, 0.2) is 65.2 Å². The first-order chi connectivity index (χ1) is 12.0. The van der Waals surface area contributed by atoms with E-state index in [4.69, 9.17) is 11.1 Å². The van der Waals surface area contributed by atoms with Crippen LogP contribution in [0.2, 0.25) is 0 Å². The summed E-state index contributed by atoms with van der Waals surface area (Å²) in [5.74, 6) is -0.549. The molecule has 0 aliphatic carbocycles. The second-order valence-electron chi connectivity index (χ2n) is 5.45. The van der Waals surface area contributed by atoms with E-state index in [0.29, 0.717) is 11.1 Å². The van der Waals surface area contributed by atoms with E-state index >= 15 is 0 Å². The monoisotopic (exact) mass is 335 g/mol. The van der Waals surface area contributed by atoms with Gasteiger partial charge in [-0.25, -0.2) is 5.43 Å². The number of aromatic nitrogens is 1. The van der Waals surface area contributed by atoms with E-state index in [2.05, 4.69) is 22.4 Å². The standard InChI is InChI=1S/C19H21N5O/c1-3-14-6-8-16(9-7-14)17(20)13(2)18(21)19(25)24-23-12-15-5-4-10-22-11-15/h4-12,20H,3,21H2,1-2H3,(H,24,25)/b18-13-,20-17?,23-12+. The molecular formula is C19H21N5O. The van der Waals surface area contributed by atoms with Gasteiger partial charge in [0.15, 0.2) is 0 Å².